The number of nitrogens with two attached hydrogens (primary N) is 1. The Bertz CT molecular complexity index is 768. The molecule has 0 saturated heterocycles. The highest BCUT2D eigenvalue weighted by Gasteiger charge is 2.02. The molecule has 2 aromatic carbocycles. The van der Waals surface area contributed by atoms with Crippen LogP contribution in [0.15, 0.2) is 48.5 Å². The predicted octanol–water partition coefficient (Wildman–Crippen LogP) is 1.80. The van der Waals surface area contributed by atoms with Gasteiger partial charge in [0.15, 0.2) is 0 Å². The Morgan fingerprint density at radius 3 is 2.52 bits per heavy atom. The van der Waals surface area contributed by atoms with E-state index >= 15 is 0 Å². The van der Waals surface area contributed by atoms with Gasteiger partial charge in [0.2, 0.25) is 11.8 Å². The molecule has 0 atom stereocenters. The summed E-state index contributed by atoms with van der Waals surface area (Å²) in [5, 5.41) is 2.76. The van der Waals surface area contributed by atoms with Crippen molar-refractivity contribution in [1.29, 1.82) is 0 Å². The van der Waals surface area contributed by atoms with Gasteiger partial charge in [-0.15, -0.1) is 0 Å². The topological polar surface area (TPSA) is 72.2 Å². The monoisotopic (exact) mass is 306 g/mol. The molecule has 0 fully saturated rings. The number of carbonyl (C=O) groups excluding carboxylic acids is 2. The van der Waals surface area contributed by atoms with Gasteiger partial charge < -0.3 is 11.1 Å². The van der Waals surface area contributed by atoms with Crippen LogP contribution in [0.3, 0.4) is 0 Å². The second-order valence-electron chi connectivity index (χ2n) is 5.19. The summed E-state index contributed by atoms with van der Waals surface area (Å²) in [4.78, 5) is 22.8. The lowest BCUT2D eigenvalue weighted by molar-refractivity contribution is -0.120. The van der Waals surface area contributed by atoms with Gasteiger partial charge in [-0.1, -0.05) is 41.7 Å². The van der Waals surface area contributed by atoms with Crippen LogP contribution in [-0.2, 0) is 11.2 Å². The van der Waals surface area contributed by atoms with Crippen molar-refractivity contribution < 1.29 is 9.59 Å². The molecular weight excluding hydrogens is 288 g/mol. The second kappa shape index (κ2) is 7.81. The normalized spacial score (nSPS) is 9.61. The number of carbonyl (C=O) groups is 2. The Morgan fingerprint density at radius 1 is 1.13 bits per heavy atom. The number of primary amides is 1. The van der Waals surface area contributed by atoms with Gasteiger partial charge in [0, 0.05) is 11.1 Å². The molecule has 0 radical (unpaired) electrons. The Hall–Kier alpha value is -3.06. The van der Waals surface area contributed by atoms with E-state index < -0.39 is 5.91 Å². The molecule has 0 bridgehead atoms. The van der Waals surface area contributed by atoms with Crippen molar-refractivity contribution in [1.82, 2.24) is 5.32 Å². The zero-order chi connectivity index (χ0) is 16.7. The number of rotatable bonds is 4. The molecule has 0 heterocycles. The third kappa shape index (κ3) is 5.33. The first-order chi connectivity index (χ1) is 11.0. The standard InChI is InChI=1S/C19H18N2O2/c1-14-4-2-5-16(12-14)13-18(22)21-11-3-6-15-7-9-17(10-8-15)19(20)23/h2,4-5,7-10,12H,11,13H2,1H3,(H2,20,23)(H,21,22). The van der Waals surface area contributed by atoms with Crippen molar-refractivity contribution in [2.24, 2.45) is 5.73 Å². The summed E-state index contributed by atoms with van der Waals surface area (Å²) >= 11 is 0. The average Bonchev–Trinajstić information content (AvgIpc) is 2.52. The lowest BCUT2D eigenvalue weighted by Crippen LogP contribution is -2.25. The molecule has 0 unspecified atom stereocenters. The quantitative estimate of drug-likeness (QED) is 0.846. The smallest absolute Gasteiger partial charge is 0.248 e. The van der Waals surface area contributed by atoms with Gasteiger partial charge in [0.05, 0.1) is 13.0 Å². The van der Waals surface area contributed by atoms with Crippen molar-refractivity contribution in [3.63, 3.8) is 0 Å². The molecule has 2 rings (SSSR count). The first-order valence-electron chi connectivity index (χ1n) is 7.25. The number of amides is 2. The van der Waals surface area contributed by atoms with Crippen molar-refractivity contribution in [3.05, 3.63) is 70.8 Å². The Labute approximate surface area is 135 Å². The van der Waals surface area contributed by atoms with E-state index in [1.54, 1.807) is 24.3 Å². The Kier molecular flexibility index (Phi) is 5.54. The number of benzene rings is 2. The van der Waals surface area contributed by atoms with Gasteiger partial charge in [-0.2, -0.15) is 0 Å². The predicted molar refractivity (Wildman–Crippen MR) is 89.7 cm³/mol. The summed E-state index contributed by atoms with van der Waals surface area (Å²) in [6.45, 7) is 2.28. The van der Waals surface area contributed by atoms with E-state index in [1.165, 1.54) is 0 Å². The van der Waals surface area contributed by atoms with E-state index in [2.05, 4.69) is 17.2 Å². The number of hydrogen-bond donors (Lipinski definition) is 2. The molecule has 0 spiro atoms. The summed E-state index contributed by atoms with van der Waals surface area (Å²) < 4.78 is 0. The molecule has 0 aliphatic carbocycles. The molecule has 23 heavy (non-hydrogen) atoms. The SMILES string of the molecule is Cc1cccc(CC(=O)NCC#Cc2ccc(C(N)=O)cc2)c1. The van der Waals surface area contributed by atoms with Gasteiger partial charge >= 0.3 is 0 Å². The van der Waals surface area contributed by atoms with Crippen LogP contribution in [0.1, 0.15) is 27.0 Å². The maximum absolute atomic E-state index is 11.8. The highest BCUT2D eigenvalue weighted by molar-refractivity contribution is 5.92. The third-order valence-electron chi connectivity index (χ3n) is 3.22. The van der Waals surface area contributed by atoms with Crippen molar-refractivity contribution in [2.75, 3.05) is 6.54 Å². The summed E-state index contributed by atoms with van der Waals surface area (Å²) in [7, 11) is 0. The fourth-order valence-corrected chi connectivity index (χ4v) is 2.08. The third-order valence-corrected chi connectivity index (χ3v) is 3.22. The fraction of sp³-hybridized carbons (Fsp3) is 0.158. The highest BCUT2D eigenvalue weighted by atomic mass is 16.1. The molecule has 116 valence electrons. The van der Waals surface area contributed by atoms with Crippen LogP contribution in [0.25, 0.3) is 0 Å². The summed E-state index contributed by atoms with van der Waals surface area (Å²) in [6, 6.07) is 14.6. The molecule has 2 aromatic rings. The number of aryl methyl sites for hydroxylation is 1. The van der Waals surface area contributed by atoms with E-state index in [-0.39, 0.29) is 12.5 Å². The van der Waals surface area contributed by atoms with Crippen molar-refractivity contribution in [3.8, 4) is 11.8 Å². The Morgan fingerprint density at radius 2 is 1.87 bits per heavy atom. The zero-order valence-corrected chi connectivity index (χ0v) is 12.9. The summed E-state index contributed by atoms with van der Waals surface area (Å²) in [5.74, 6) is 5.28. The van der Waals surface area contributed by atoms with Gasteiger partial charge in [-0.25, -0.2) is 0 Å². The molecule has 4 nitrogen and oxygen atoms in total. The largest absolute Gasteiger partial charge is 0.366 e. The number of hydrogen-bond acceptors (Lipinski definition) is 2. The Balaban J connectivity index is 1.83. The van der Waals surface area contributed by atoms with Crippen LogP contribution in [0.5, 0.6) is 0 Å². The fourth-order valence-electron chi connectivity index (χ4n) is 2.08. The molecule has 0 saturated carbocycles. The van der Waals surface area contributed by atoms with E-state index in [9.17, 15) is 9.59 Å². The lowest BCUT2D eigenvalue weighted by Gasteiger charge is -2.02. The van der Waals surface area contributed by atoms with E-state index in [0.29, 0.717) is 12.0 Å². The van der Waals surface area contributed by atoms with E-state index in [4.69, 9.17) is 5.73 Å². The van der Waals surface area contributed by atoms with Gasteiger partial charge in [-0.3, -0.25) is 9.59 Å². The van der Waals surface area contributed by atoms with Crippen LogP contribution in [0.2, 0.25) is 0 Å². The van der Waals surface area contributed by atoms with Crippen LogP contribution in [0, 0.1) is 18.8 Å². The van der Waals surface area contributed by atoms with Crippen LogP contribution in [0.4, 0.5) is 0 Å². The first kappa shape index (κ1) is 16.3. The second-order valence-corrected chi connectivity index (χ2v) is 5.19. The number of nitrogens with one attached hydrogen (secondary N) is 1. The molecule has 3 N–H and O–H groups in total. The lowest BCUT2D eigenvalue weighted by atomic mass is 10.1. The van der Waals surface area contributed by atoms with Crippen molar-refractivity contribution >= 4 is 11.8 Å². The minimum Gasteiger partial charge on any atom is -0.366 e. The molecule has 0 aliphatic heterocycles. The van der Waals surface area contributed by atoms with E-state index in [0.717, 1.165) is 16.7 Å². The molecule has 0 aromatic heterocycles. The molecule has 4 heteroatoms. The van der Waals surface area contributed by atoms with Crippen LogP contribution >= 0.6 is 0 Å². The minimum atomic E-state index is -0.465. The summed E-state index contributed by atoms with van der Waals surface area (Å²) in [5.41, 5.74) is 8.50. The maximum atomic E-state index is 11.8. The average molecular weight is 306 g/mol. The first-order valence-corrected chi connectivity index (χ1v) is 7.25. The van der Waals surface area contributed by atoms with Gasteiger partial charge in [-0.05, 0) is 36.8 Å². The molecule has 0 aliphatic rings. The summed E-state index contributed by atoms with van der Waals surface area (Å²) in [6.07, 6.45) is 0.344. The van der Waals surface area contributed by atoms with Crippen LogP contribution < -0.4 is 11.1 Å². The molecular formula is C19H18N2O2. The van der Waals surface area contributed by atoms with Gasteiger partial charge in [0.25, 0.3) is 0 Å². The highest BCUT2D eigenvalue weighted by Crippen LogP contribution is 2.04. The van der Waals surface area contributed by atoms with Crippen molar-refractivity contribution in [2.45, 2.75) is 13.3 Å². The minimum absolute atomic E-state index is 0.0611. The molecule has 2 amide bonds. The van der Waals surface area contributed by atoms with Gasteiger partial charge in [0.1, 0.15) is 0 Å². The van der Waals surface area contributed by atoms with E-state index in [1.807, 2.05) is 31.2 Å². The zero-order valence-electron chi connectivity index (χ0n) is 12.9. The maximum Gasteiger partial charge on any atom is 0.248 e. The van der Waals surface area contributed by atoms with Crippen LogP contribution in [-0.4, -0.2) is 18.4 Å².